The average Bonchev–Trinajstić information content (AvgIpc) is 3.93. The van der Waals surface area contributed by atoms with Crippen molar-refractivity contribution in [1.29, 1.82) is 0 Å². The Morgan fingerprint density at radius 1 is 0.717 bits per heavy atom. The lowest BCUT2D eigenvalue weighted by Crippen LogP contribution is -2.48. The molecule has 3 saturated carbocycles. The third kappa shape index (κ3) is 6.91. The van der Waals surface area contributed by atoms with Crippen molar-refractivity contribution >= 4 is 62.6 Å². The lowest BCUT2D eigenvalue weighted by molar-refractivity contribution is -0.135. The number of nitrogens with one attached hydrogen (secondary N) is 3. The molecule has 0 unspecified atom stereocenters. The molecule has 53 heavy (non-hydrogen) atoms. The van der Waals surface area contributed by atoms with Crippen LogP contribution in [0.2, 0.25) is 0 Å². The Labute approximate surface area is 315 Å². The summed E-state index contributed by atoms with van der Waals surface area (Å²) in [6, 6.07) is 14.3. The van der Waals surface area contributed by atoms with Gasteiger partial charge in [-0.15, -0.1) is 0 Å². The summed E-state index contributed by atoms with van der Waals surface area (Å²) in [5.74, 6) is 3.05. The summed E-state index contributed by atoms with van der Waals surface area (Å²) in [5.41, 5.74) is 2.98. The van der Waals surface area contributed by atoms with Gasteiger partial charge >= 0.3 is 0 Å². The predicted octanol–water partition coefficient (Wildman–Crippen LogP) is 6.51. The van der Waals surface area contributed by atoms with E-state index < -0.39 is 0 Å². The van der Waals surface area contributed by atoms with E-state index in [4.69, 9.17) is 12.2 Å². The molecule has 5 aromatic rings. The van der Waals surface area contributed by atoms with Crippen molar-refractivity contribution in [3.05, 3.63) is 67.5 Å². The zero-order valence-electron chi connectivity index (χ0n) is 30.3. The van der Waals surface area contributed by atoms with E-state index in [1.807, 2.05) is 30.6 Å². The standard InChI is InChI=1S/C20H22N6S.C20H27N5O/c27-19(24-15-5-2-1-3-6-15)26-12-4-11-25(13-20(26)8-9-20)18-16-7-10-21-17(16)22-14-23-18;26-17(12-15-4-1-2-5-15)25-11-3-10-24(13-20(25)7-8-20)19-16-6-9-21-18(16)22-14-23-19/h1-3,5-7,10,14H,4,8-9,11-13H2,(H,24,27)(H,21,22,23);6,9,14-15H,1-5,7-8,10-13H2,(H,21,22,23). The number of hydrogen-bond donors (Lipinski definition) is 3. The number of para-hydroxylation sites is 1. The zero-order chi connectivity index (χ0) is 35.8. The number of thiocarbonyl (C=S) groups is 1. The fourth-order valence-electron chi connectivity index (χ4n) is 9.07. The molecule has 0 radical (unpaired) electrons. The minimum Gasteiger partial charge on any atom is -0.354 e. The molecule has 1 aromatic carbocycles. The molecule has 1 amide bonds. The fraction of sp³-hybridized carbons (Fsp3) is 0.500. The lowest BCUT2D eigenvalue weighted by atomic mass is 10.0. The van der Waals surface area contributed by atoms with Gasteiger partial charge in [0.15, 0.2) is 5.11 Å². The largest absolute Gasteiger partial charge is 0.354 e. The van der Waals surface area contributed by atoms with Gasteiger partial charge in [0.05, 0.1) is 21.9 Å². The second-order valence-electron chi connectivity index (χ2n) is 15.7. The van der Waals surface area contributed by atoms with Gasteiger partial charge in [-0.2, -0.15) is 0 Å². The van der Waals surface area contributed by atoms with E-state index in [1.54, 1.807) is 12.7 Å². The van der Waals surface area contributed by atoms with Gasteiger partial charge in [0.1, 0.15) is 35.6 Å². The molecular weight excluding hydrogens is 683 g/mol. The fourth-order valence-corrected chi connectivity index (χ4v) is 9.47. The first-order chi connectivity index (χ1) is 26.0. The van der Waals surface area contributed by atoms with Gasteiger partial charge in [0.25, 0.3) is 0 Å². The summed E-state index contributed by atoms with van der Waals surface area (Å²) < 4.78 is 0. The molecule has 13 heteroatoms. The van der Waals surface area contributed by atoms with Crippen LogP contribution >= 0.6 is 12.2 Å². The Bertz CT molecular complexity index is 2070. The van der Waals surface area contributed by atoms with Crippen molar-refractivity contribution < 1.29 is 4.79 Å². The first-order valence-corrected chi connectivity index (χ1v) is 19.9. The van der Waals surface area contributed by atoms with Crippen LogP contribution in [0.3, 0.4) is 0 Å². The van der Waals surface area contributed by atoms with E-state index >= 15 is 0 Å². The van der Waals surface area contributed by atoms with Crippen molar-refractivity contribution in [2.75, 3.05) is 54.4 Å². The van der Waals surface area contributed by atoms with Crippen LogP contribution in [0.4, 0.5) is 17.3 Å². The molecule has 2 saturated heterocycles. The maximum absolute atomic E-state index is 13.1. The topological polar surface area (TPSA) is 125 Å². The van der Waals surface area contributed by atoms with Crippen LogP contribution in [0.15, 0.2) is 67.5 Å². The predicted molar refractivity (Wildman–Crippen MR) is 213 cm³/mol. The van der Waals surface area contributed by atoms with Gasteiger partial charge in [0.2, 0.25) is 5.91 Å². The zero-order valence-corrected chi connectivity index (χ0v) is 31.2. The number of fused-ring (bicyclic) bond motifs is 2. The maximum Gasteiger partial charge on any atom is 0.223 e. The number of anilines is 3. The van der Waals surface area contributed by atoms with Gasteiger partial charge in [-0.05, 0) is 93.8 Å². The number of hydrogen-bond acceptors (Lipinski definition) is 8. The molecule has 2 spiro atoms. The van der Waals surface area contributed by atoms with E-state index in [0.717, 1.165) is 116 Å². The van der Waals surface area contributed by atoms with Crippen LogP contribution in [0.25, 0.3) is 22.1 Å². The number of rotatable bonds is 5. The van der Waals surface area contributed by atoms with Crippen molar-refractivity contribution in [2.24, 2.45) is 5.92 Å². The number of carbonyl (C=O) groups excluding carboxylic acids is 1. The average molecular weight is 732 g/mol. The van der Waals surface area contributed by atoms with Crippen LogP contribution in [0, 0.1) is 5.92 Å². The Balaban J connectivity index is 0.000000141. The van der Waals surface area contributed by atoms with Crippen LogP contribution in [-0.4, -0.2) is 101 Å². The molecule has 4 aromatic heterocycles. The van der Waals surface area contributed by atoms with E-state index in [0.29, 0.717) is 11.8 Å². The highest BCUT2D eigenvalue weighted by atomic mass is 32.1. The van der Waals surface area contributed by atoms with Crippen molar-refractivity contribution in [2.45, 2.75) is 81.7 Å². The van der Waals surface area contributed by atoms with Crippen molar-refractivity contribution in [3.8, 4) is 0 Å². The molecule has 5 aliphatic rings. The van der Waals surface area contributed by atoms with Crippen LogP contribution in [0.5, 0.6) is 0 Å². The molecule has 3 aliphatic carbocycles. The summed E-state index contributed by atoms with van der Waals surface area (Å²) in [6.07, 6.45) is 19.6. The van der Waals surface area contributed by atoms with E-state index in [-0.39, 0.29) is 11.1 Å². The number of amides is 1. The first kappa shape index (κ1) is 34.0. The van der Waals surface area contributed by atoms with E-state index in [2.05, 4.69) is 79.1 Å². The summed E-state index contributed by atoms with van der Waals surface area (Å²) in [7, 11) is 0. The quantitative estimate of drug-likeness (QED) is 0.172. The number of nitrogens with zero attached hydrogens (tertiary/aromatic N) is 8. The number of benzene rings is 1. The number of carbonyl (C=O) groups is 1. The molecule has 6 heterocycles. The minimum absolute atomic E-state index is 0.0414. The van der Waals surface area contributed by atoms with Crippen LogP contribution < -0.4 is 15.1 Å². The SMILES string of the molecule is O=C(CC1CCCC1)N1CCCN(c2ncnc3[nH]ccc23)CC12CC2.S=C(Nc1ccccc1)N1CCCN(c2ncnc3[nH]ccc23)CC12CC2. The number of H-pyrrole nitrogens is 2. The van der Waals surface area contributed by atoms with E-state index in [1.165, 1.54) is 38.5 Å². The van der Waals surface area contributed by atoms with Crippen LogP contribution in [0.1, 0.15) is 70.6 Å². The van der Waals surface area contributed by atoms with Gasteiger partial charge in [-0.3, -0.25) is 4.79 Å². The Hall–Kier alpha value is -4.78. The molecular formula is C40H49N11OS. The molecule has 0 bridgehead atoms. The van der Waals surface area contributed by atoms with Gasteiger partial charge in [-0.25, -0.2) is 19.9 Å². The van der Waals surface area contributed by atoms with Gasteiger partial charge in [0, 0.05) is 63.8 Å². The summed E-state index contributed by atoms with van der Waals surface area (Å²) in [5, 5.41) is 6.42. The summed E-state index contributed by atoms with van der Waals surface area (Å²) in [4.78, 5) is 46.7. The molecule has 2 aliphatic heterocycles. The lowest BCUT2D eigenvalue weighted by Gasteiger charge is -2.34. The van der Waals surface area contributed by atoms with Crippen LogP contribution in [-0.2, 0) is 4.79 Å². The second kappa shape index (κ2) is 14.2. The maximum atomic E-state index is 13.1. The third-order valence-corrected chi connectivity index (χ3v) is 12.5. The molecule has 276 valence electrons. The molecule has 5 fully saturated rings. The summed E-state index contributed by atoms with van der Waals surface area (Å²) >= 11 is 5.79. The monoisotopic (exact) mass is 731 g/mol. The Morgan fingerprint density at radius 2 is 1.26 bits per heavy atom. The van der Waals surface area contributed by atoms with Gasteiger partial charge in [-0.1, -0.05) is 31.0 Å². The molecule has 3 N–H and O–H groups in total. The Morgan fingerprint density at radius 3 is 1.83 bits per heavy atom. The molecule has 0 atom stereocenters. The first-order valence-electron chi connectivity index (χ1n) is 19.5. The normalized spacial score (nSPS) is 20.7. The number of aromatic amines is 2. The highest BCUT2D eigenvalue weighted by Crippen LogP contribution is 2.47. The second-order valence-corrected chi connectivity index (χ2v) is 16.1. The van der Waals surface area contributed by atoms with Gasteiger partial charge < -0.3 is 34.9 Å². The number of aromatic nitrogens is 6. The highest BCUT2D eigenvalue weighted by Gasteiger charge is 2.53. The molecule has 12 nitrogen and oxygen atoms in total. The highest BCUT2D eigenvalue weighted by molar-refractivity contribution is 7.80. The summed E-state index contributed by atoms with van der Waals surface area (Å²) in [6.45, 7) is 5.64. The van der Waals surface area contributed by atoms with Crippen molar-refractivity contribution in [3.63, 3.8) is 0 Å². The molecule has 10 rings (SSSR count). The Kier molecular flexibility index (Phi) is 9.13. The minimum atomic E-state index is 0.0414. The third-order valence-electron chi connectivity index (χ3n) is 12.2. The smallest absolute Gasteiger partial charge is 0.223 e. The van der Waals surface area contributed by atoms with E-state index in [9.17, 15) is 4.79 Å². The van der Waals surface area contributed by atoms with Crippen molar-refractivity contribution in [1.82, 2.24) is 39.7 Å².